The fraction of sp³-hybridized carbons (Fsp3) is 0.364. The highest BCUT2D eigenvalue weighted by Crippen LogP contribution is 2.23. The minimum atomic E-state index is 0.765. The third kappa shape index (κ3) is 5.11. The molecule has 1 aliphatic rings. The second-order valence-corrected chi connectivity index (χ2v) is 8.93. The van der Waals surface area contributed by atoms with Crippen LogP contribution in [0.15, 0.2) is 51.2 Å². The van der Waals surface area contributed by atoms with Crippen LogP contribution in [0.5, 0.6) is 0 Å². The molecule has 0 N–H and O–H groups in total. The van der Waals surface area contributed by atoms with E-state index >= 15 is 0 Å². The molecule has 7 heteroatoms. The molecule has 5 nitrogen and oxygen atoms in total. The Balaban J connectivity index is 1.64. The SMILES string of the molecule is Cc1ccc(-c2csc(=NCCN3CCOCC3)n2N=Cc2cccs2)cc1C. The normalized spacial score (nSPS) is 16.1. The van der Waals surface area contributed by atoms with Gasteiger partial charge in [0.2, 0.25) is 4.80 Å². The van der Waals surface area contributed by atoms with E-state index in [9.17, 15) is 0 Å². The van der Waals surface area contributed by atoms with Crippen molar-refractivity contribution in [1.82, 2.24) is 9.58 Å². The van der Waals surface area contributed by atoms with Crippen LogP contribution in [0.4, 0.5) is 0 Å². The van der Waals surface area contributed by atoms with Gasteiger partial charge in [-0.25, -0.2) is 4.68 Å². The van der Waals surface area contributed by atoms with Crippen molar-refractivity contribution in [2.24, 2.45) is 10.1 Å². The number of benzene rings is 1. The summed E-state index contributed by atoms with van der Waals surface area (Å²) in [6.45, 7) is 9.63. The maximum Gasteiger partial charge on any atom is 0.206 e. The Bertz CT molecular complexity index is 1030. The Morgan fingerprint density at radius 3 is 2.72 bits per heavy atom. The van der Waals surface area contributed by atoms with Crippen molar-refractivity contribution in [2.75, 3.05) is 39.4 Å². The molecule has 152 valence electrons. The number of aryl methyl sites for hydroxylation is 2. The highest BCUT2D eigenvalue weighted by atomic mass is 32.1. The third-order valence-electron chi connectivity index (χ3n) is 5.10. The van der Waals surface area contributed by atoms with Gasteiger partial charge in [0.1, 0.15) is 0 Å². The van der Waals surface area contributed by atoms with E-state index in [0.717, 1.165) is 54.8 Å². The number of ether oxygens (including phenoxy) is 1. The van der Waals surface area contributed by atoms with Crippen LogP contribution >= 0.6 is 22.7 Å². The minimum absolute atomic E-state index is 0.765. The second-order valence-electron chi connectivity index (χ2n) is 7.11. The van der Waals surface area contributed by atoms with Crippen LogP contribution < -0.4 is 4.80 Å². The number of thiophene rings is 1. The number of morpholine rings is 1. The first-order chi connectivity index (χ1) is 14.2. The van der Waals surface area contributed by atoms with E-state index in [1.165, 1.54) is 16.7 Å². The maximum absolute atomic E-state index is 5.43. The minimum Gasteiger partial charge on any atom is -0.379 e. The summed E-state index contributed by atoms with van der Waals surface area (Å²) in [4.78, 5) is 9.35. The lowest BCUT2D eigenvalue weighted by Crippen LogP contribution is -2.38. The van der Waals surface area contributed by atoms with Crippen molar-refractivity contribution in [1.29, 1.82) is 0 Å². The summed E-state index contributed by atoms with van der Waals surface area (Å²) in [6, 6.07) is 10.7. The number of nitrogens with zero attached hydrogens (tertiary/aromatic N) is 4. The van der Waals surface area contributed by atoms with E-state index in [1.807, 2.05) is 17.0 Å². The molecule has 29 heavy (non-hydrogen) atoms. The molecule has 0 spiro atoms. The smallest absolute Gasteiger partial charge is 0.206 e. The zero-order chi connectivity index (χ0) is 20.1. The van der Waals surface area contributed by atoms with Gasteiger partial charge in [0.25, 0.3) is 0 Å². The average Bonchev–Trinajstić information content (AvgIpc) is 3.39. The van der Waals surface area contributed by atoms with E-state index in [4.69, 9.17) is 14.8 Å². The lowest BCUT2D eigenvalue weighted by molar-refractivity contribution is 0.0393. The van der Waals surface area contributed by atoms with E-state index in [0.29, 0.717) is 0 Å². The molecule has 0 atom stereocenters. The molecular formula is C22H26N4OS2. The molecule has 0 saturated carbocycles. The highest BCUT2D eigenvalue weighted by molar-refractivity contribution is 7.11. The van der Waals surface area contributed by atoms with Crippen molar-refractivity contribution in [2.45, 2.75) is 13.8 Å². The van der Waals surface area contributed by atoms with E-state index < -0.39 is 0 Å². The zero-order valence-electron chi connectivity index (χ0n) is 16.9. The average molecular weight is 427 g/mol. The Kier molecular flexibility index (Phi) is 6.71. The molecule has 3 aromatic rings. The van der Waals surface area contributed by atoms with Crippen LogP contribution in [0.2, 0.25) is 0 Å². The fourth-order valence-corrected chi connectivity index (χ4v) is 4.65. The first-order valence-corrected chi connectivity index (χ1v) is 11.6. The van der Waals surface area contributed by atoms with Gasteiger partial charge in [0.15, 0.2) is 0 Å². The number of hydrogen-bond acceptors (Lipinski definition) is 6. The standard InChI is InChI=1S/C22H26N4OS2/c1-17-5-6-19(14-18(17)2)21-16-29-22(23-7-8-25-9-11-27-12-10-25)26(21)24-15-20-4-3-13-28-20/h3-6,13-16H,7-12H2,1-2H3. The van der Waals surface area contributed by atoms with Gasteiger partial charge in [0.05, 0.1) is 31.7 Å². The molecule has 0 amide bonds. The number of rotatable bonds is 6. The van der Waals surface area contributed by atoms with Gasteiger partial charge in [-0.3, -0.25) is 9.89 Å². The maximum atomic E-state index is 5.43. The second kappa shape index (κ2) is 9.63. The molecule has 2 aromatic heterocycles. The molecular weight excluding hydrogens is 400 g/mol. The van der Waals surface area contributed by atoms with Crippen LogP contribution in [0.3, 0.4) is 0 Å². The molecule has 0 aliphatic carbocycles. The van der Waals surface area contributed by atoms with E-state index in [1.54, 1.807) is 22.7 Å². The topological polar surface area (TPSA) is 42.1 Å². The fourth-order valence-electron chi connectivity index (χ4n) is 3.21. The molecule has 1 fully saturated rings. The first kappa shape index (κ1) is 20.2. The molecule has 1 aliphatic heterocycles. The van der Waals surface area contributed by atoms with Crippen LogP contribution in [0.25, 0.3) is 11.3 Å². The van der Waals surface area contributed by atoms with Gasteiger partial charge in [0, 0.05) is 35.5 Å². The largest absolute Gasteiger partial charge is 0.379 e. The predicted octanol–water partition coefficient (Wildman–Crippen LogP) is 4.01. The summed E-state index contributed by atoms with van der Waals surface area (Å²) in [5.41, 5.74) is 4.83. The van der Waals surface area contributed by atoms with Gasteiger partial charge in [-0.15, -0.1) is 22.7 Å². The van der Waals surface area contributed by atoms with Crippen LogP contribution in [0, 0.1) is 13.8 Å². The molecule has 0 bridgehead atoms. The lowest BCUT2D eigenvalue weighted by atomic mass is 10.1. The lowest BCUT2D eigenvalue weighted by Gasteiger charge is -2.25. The van der Waals surface area contributed by atoms with Crippen LogP contribution in [0.1, 0.15) is 16.0 Å². The van der Waals surface area contributed by atoms with Crippen molar-refractivity contribution >= 4 is 28.9 Å². The van der Waals surface area contributed by atoms with Crippen LogP contribution in [-0.4, -0.2) is 55.2 Å². The molecule has 0 unspecified atom stereocenters. The van der Waals surface area contributed by atoms with Crippen molar-refractivity contribution in [3.63, 3.8) is 0 Å². The van der Waals surface area contributed by atoms with E-state index in [2.05, 4.69) is 53.8 Å². The molecule has 1 saturated heterocycles. The highest BCUT2D eigenvalue weighted by Gasteiger charge is 2.11. The van der Waals surface area contributed by atoms with Crippen LogP contribution in [-0.2, 0) is 4.74 Å². The quantitative estimate of drug-likeness (QED) is 0.559. The van der Waals surface area contributed by atoms with Crippen molar-refractivity contribution in [3.05, 3.63) is 61.9 Å². The van der Waals surface area contributed by atoms with Gasteiger partial charge >= 0.3 is 0 Å². The number of thiazole rings is 1. The third-order valence-corrected chi connectivity index (χ3v) is 6.76. The summed E-state index contributed by atoms with van der Waals surface area (Å²) in [7, 11) is 0. The summed E-state index contributed by atoms with van der Waals surface area (Å²) >= 11 is 3.33. The molecule has 3 heterocycles. The number of hydrogen-bond donors (Lipinski definition) is 0. The molecule has 1 aromatic carbocycles. The van der Waals surface area contributed by atoms with Crippen molar-refractivity contribution < 1.29 is 4.74 Å². The summed E-state index contributed by atoms with van der Waals surface area (Å²) in [6.07, 6.45) is 1.92. The van der Waals surface area contributed by atoms with Gasteiger partial charge in [-0.2, -0.15) is 5.10 Å². The Hall–Kier alpha value is -2.06. The van der Waals surface area contributed by atoms with Gasteiger partial charge in [-0.1, -0.05) is 18.2 Å². The Morgan fingerprint density at radius 1 is 1.10 bits per heavy atom. The Morgan fingerprint density at radius 2 is 1.97 bits per heavy atom. The van der Waals surface area contributed by atoms with Crippen molar-refractivity contribution in [3.8, 4) is 11.3 Å². The first-order valence-electron chi connectivity index (χ1n) is 9.87. The molecule has 0 radical (unpaired) electrons. The van der Waals surface area contributed by atoms with E-state index in [-0.39, 0.29) is 0 Å². The summed E-state index contributed by atoms with van der Waals surface area (Å²) < 4.78 is 7.41. The van der Waals surface area contributed by atoms with Gasteiger partial charge < -0.3 is 4.74 Å². The summed E-state index contributed by atoms with van der Waals surface area (Å²) in [5, 5.41) is 9.01. The van der Waals surface area contributed by atoms with Gasteiger partial charge in [-0.05, 0) is 42.5 Å². The monoisotopic (exact) mass is 426 g/mol. The summed E-state index contributed by atoms with van der Waals surface area (Å²) in [5.74, 6) is 0. The predicted molar refractivity (Wildman–Crippen MR) is 122 cm³/mol. The Labute approximate surface area is 179 Å². The molecule has 4 rings (SSSR count). The number of aromatic nitrogens is 1. The zero-order valence-corrected chi connectivity index (χ0v) is 18.5.